The first-order valence-electron chi connectivity index (χ1n) is 9.42. The van der Waals surface area contributed by atoms with Crippen LogP contribution in [0.5, 0.6) is 5.75 Å². The fraction of sp³-hybridized carbons (Fsp3) is 0.579. The molecular formula is C19H28F2N4O2. The lowest BCUT2D eigenvalue weighted by atomic mass is 10.2. The number of amides is 1. The molecule has 0 spiro atoms. The number of nitrogens with one attached hydrogen (secondary N) is 3. The van der Waals surface area contributed by atoms with Crippen LogP contribution in [0.3, 0.4) is 0 Å². The highest BCUT2D eigenvalue weighted by Gasteiger charge is 2.16. The van der Waals surface area contributed by atoms with Gasteiger partial charge in [0.25, 0.3) is 0 Å². The van der Waals surface area contributed by atoms with Crippen molar-refractivity contribution in [1.29, 1.82) is 0 Å². The molecular weight excluding hydrogens is 354 g/mol. The van der Waals surface area contributed by atoms with Crippen LogP contribution in [0.25, 0.3) is 0 Å². The van der Waals surface area contributed by atoms with E-state index in [-0.39, 0.29) is 18.2 Å². The Morgan fingerprint density at radius 3 is 2.70 bits per heavy atom. The summed E-state index contributed by atoms with van der Waals surface area (Å²) in [5.41, 5.74) is 0.564. The van der Waals surface area contributed by atoms with E-state index in [4.69, 9.17) is 0 Å². The first-order valence-corrected chi connectivity index (χ1v) is 9.42. The number of carbonyl (C=O) groups excluding carboxylic acids is 1. The van der Waals surface area contributed by atoms with Crippen molar-refractivity contribution in [3.05, 3.63) is 29.8 Å². The Kier molecular flexibility index (Phi) is 8.80. The molecule has 1 aromatic carbocycles. The van der Waals surface area contributed by atoms with Gasteiger partial charge in [-0.25, -0.2) is 4.99 Å². The number of hydrogen-bond acceptors (Lipinski definition) is 3. The molecule has 150 valence electrons. The number of carbonyl (C=O) groups is 1. The topological polar surface area (TPSA) is 74.8 Å². The minimum Gasteiger partial charge on any atom is -0.434 e. The summed E-state index contributed by atoms with van der Waals surface area (Å²) in [6.07, 6.45) is 4.83. The van der Waals surface area contributed by atoms with Crippen LogP contribution in [0.4, 0.5) is 8.78 Å². The number of guanidine groups is 1. The van der Waals surface area contributed by atoms with Crippen LogP contribution in [0.2, 0.25) is 0 Å². The molecule has 1 aliphatic rings. The Bertz CT molecular complexity index is 619. The number of para-hydroxylation sites is 1. The van der Waals surface area contributed by atoms with Gasteiger partial charge >= 0.3 is 6.61 Å². The summed E-state index contributed by atoms with van der Waals surface area (Å²) >= 11 is 0. The van der Waals surface area contributed by atoms with Gasteiger partial charge in [-0.1, -0.05) is 31.0 Å². The molecule has 0 radical (unpaired) electrons. The highest BCUT2D eigenvalue weighted by molar-refractivity contribution is 5.81. The Balaban J connectivity index is 1.84. The second-order valence-electron chi connectivity index (χ2n) is 6.41. The van der Waals surface area contributed by atoms with Gasteiger partial charge in [-0.3, -0.25) is 4.79 Å². The van der Waals surface area contributed by atoms with E-state index in [2.05, 4.69) is 25.7 Å². The molecule has 6 nitrogen and oxygen atoms in total. The molecule has 1 amide bonds. The molecule has 0 saturated heterocycles. The molecule has 8 heteroatoms. The van der Waals surface area contributed by atoms with Gasteiger partial charge in [-0.15, -0.1) is 0 Å². The molecule has 0 atom stereocenters. The van der Waals surface area contributed by atoms with Crippen molar-refractivity contribution in [3.63, 3.8) is 0 Å². The van der Waals surface area contributed by atoms with Gasteiger partial charge in [0.2, 0.25) is 5.91 Å². The van der Waals surface area contributed by atoms with Crippen molar-refractivity contribution < 1.29 is 18.3 Å². The summed E-state index contributed by atoms with van der Waals surface area (Å²) in [5.74, 6) is 0.669. The molecule has 1 aromatic rings. The normalized spacial score (nSPS) is 15.0. The fourth-order valence-corrected chi connectivity index (χ4v) is 3.02. The van der Waals surface area contributed by atoms with Gasteiger partial charge in [0.15, 0.2) is 5.96 Å². The number of ether oxygens (including phenoxy) is 1. The third-order valence-electron chi connectivity index (χ3n) is 4.31. The maximum absolute atomic E-state index is 12.5. The first kappa shape index (κ1) is 20.9. The van der Waals surface area contributed by atoms with Gasteiger partial charge in [-0.2, -0.15) is 8.78 Å². The second kappa shape index (κ2) is 11.4. The Labute approximate surface area is 158 Å². The third-order valence-corrected chi connectivity index (χ3v) is 4.31. The molecule has 0 bridgehead atoms. The summed E-state index contributed by atoms with van der Waals surface area (Å²) in [5, 5.41) is 9.22. The van der Waals surface area contributed by atoms with Gasteiger partial charge in [0.05, 0.1) is 6.54 Å². The third kappa shape index (κ3) is 7.80. The van der Waals surface area contributed by atoms with Crippen molar-refractivity contribution in [2.24, 2.45) is 4.99 Å². The van der Waals surface area contributed by atoms with Crippen molar-refractivity contribution >= 4 is 11.9 Å². The van der Waals surface area contributed by atoms with E-state index in [1.165, 1.54) is 18.9 Å². The summed E-state index contributed by atoms with van der Waals surface area (Å²) in [6.45, 7) is 0.332. The largest absolute Gasteiger partial charge is 0.434 e. The van der Waals surface area contributed by atoms with Crippen LogP contribution < -0.4 is 20.7 Å². The quantitative estimate of drug-likeness (QED) is 0.454. The maximum Gasteiger partial charge on any atom is 0.387 e. The zero-order valence-corrected chi connectivity index (χ0v) is 15.6. The molecule has 3 N–H and O–H groups in total. The lowest BCUT2D eigenvalue weighted by Crippen LogP contribution is -2.40. The highest BCUT2D eigenvalue weighted by atomic mass is 19.3. The number of halogens is 2. The van der Waals surface area contributed by atoms with Gasteiger partial charge in [-0.05, 0) is 25.8 Å². The zero-order valence-electron chi connectivity index (χ0n) is 15.6. The Morgan fingerprint density at radius 1 is 1.26 bits per heavy atom. The fourth-order valence-electron chi connectivity index (χ4n) is 3.02. The van der Waals surface area contributed by atoms with E-state index in [9.17, 15) is 13.6 Å². The molecule has 0 aliphatic heterocycles. The van der Waals surface area contributed by atoms with Crippen LogP contribution in [0.15, 0.2) is 29.3 Å². The lowest BCUT2D eigenvalue weighted by Gasteiger charge is -2.14. The van der Waals surface area contributed by atoms with Gasteiger partial charge in [0, 0.05) is 31.1 Å². The van der Waals surface area contributed by atoms with Crippen LogP contribution in [0.1, 0.15) is 44.6 Å². The smallest absolute Gasteiger partial charge is 0.387 e. The van der Waals surface area contributed by atoms with Gasteiger partial charge < -0.3 is 20.7 Å². The number of nitrogens with zero attached hydrogens (tertiary/aromatic N) is 1. The highest BCUT2D eigenvalue weighted by Crippen LogP contribution is 2.21. The molecule has 2 rings (SSSR count). The second-order valence-corrected chi connectivity index (χ2v) is 6.41. The monoisotopic (exact) mass is 382 g/mol. The maximum atomic E-state index is 12.5. The van der Waals surface area contributed by atoms with Gasteiger partial charge in [0.1, 0.15) is 5.75 Å². The van der Waals surface area contributed by atoms with Crippen LogP contribution in [-0.4, -0.2) is 37.6 Å². The van der Waals surface area contributed by atoms with Crippen LogP contribution >= 0.6 is 0 Å². The van der Waals surface area contributed by atoms with Crippen molar-refractivity contribution in [2.75, 3.05) is 13.1 Å². The molecule has 1 saturated carbocycles. The summed E-state index contributed by atoms with van der Waals surface area (Å²) in [4.78, 5) is 16.4. The molecule has 1 aliphatic carbocycles. The average molecular weight is 382 g/mol. The lowest BCUT2D eigenvalue weighted by molar-refractivity contribution is -0.121. The number of benzene rings is 1. The first-order chi connectivity index (χ1) is 13.1. The van der Waals surface area contributed by atoms with Crippen LogP contribution in [0, 0.1) is 0 Å². The van der Waals surface area contributed by atoms with Crippen molar-refractivity contribution in [3.8, 4) is 5.75 Å². The van der Waals surface area contributed by atoms with Crippen LogP contribution in [-0.2, 0) is 11.3 Å². The summed E-state index contributed by atoms with van der Waals surface area (Å²) in [7, 11) is 0. The molecule has 0 aromatic heterocycles. The van der Waals surface area contributed by atoms with E-state index in [1.807, 2.05) is 6.92 Å². The standard InChI is InChI=1S/C19H28F2N4O2/c1-2-22-19(23-12-11-17(26)25-15-8-4-5-9-15)24-13-14-7-3-6-10-16(14)27-18(20)21/h3,6-7,10,15,18H,2,4-5,8-9,11-13H2,1H3,(H,25,26)(H2,22,23,24). The molecule has 0 heterocycles. The van der Waals surface area contributed by atoms with Crippen molar-refractivity contribution in [1.82, 2.24) is 16.0 Å². The van der Waals surface area contributed by atoms with E-state index in [0.717, 1.165) is 12.8 Å². The Hall–Kier alpha value is -2.38. The predicted molar refractivity (Wildman–Crippen MR) is 101 cm³/mol. The van der Waals surface area contributed by atoms with E-state index >= 15 is 0 Å². The number of aliphatic imine (C=N–C) groups is 1. The molecule has 27 heavy (non-hydrogen) atoms. The van der Waals surface area contributed by atoms with E-state index in [0.29, 0.717) is 37.1 Å². The van der Waals surface area contributed by atoms with E-state index in [1.54, 1.807) is 18.2 Å². The number of rotatable bonds is 9. The Morgan fingerprint density at radius 2 is 2.00 bits per heavy atom. The number of hydrogen-bond donors (Lipinski definition) is 3. The van der Waals surface area contributed by atoms with E-state index < -0.39 is 6.61 Å². The summed E-state index contributed by atoms with van der Waals surface area (Å²) < 4.78 is 29.5. The average Bonchev–Trinajstić information content (AvgIpc) is 3.13. The number of alkyl halides is 2. The minimum atomic E-state index is -2.88. The summed E-state index contributed by atoms with van der Waals surface area (Å²) in [6, 6.07) is 6.88. The molecule has 1 fully saturated rings. The molecule has 0 unspecified atom stereocenters. The minimum absolute atomic E-state index is 0.0286. The van der Waals surface area contributed by atoms with Crippen molar-refractivity contribution in [2.45, 2.75) is 58.2 Å². The SMILES string of the molecule is CCNC(=NCc1ccccc1OC(F)F)NCCC(=O)NC1CCCC1. The zero-order chi connectivity index (χ0) is 19.5. The predicted octanol–water partition coefficient (Wildman–Crippen LogP) is 2.79.